The van der Waals surface area contributed by atoms with Gasteiger partial charge in [-0.2, -0.15) is 0 Å². The second kappa shape index (κ2) is 6.01. The molecule has 3 aromatic rings. The van der Waals surface area contributed by atoms with Gasteiger partial charge in [-0.1, -0.05) is 30.0 Å². The monoisotopic (exact) mass is 297 g/mol. The number of rotatable bonds is 4. The highest BCUT2D eigenvalue weighted by molar-refractivity contribution is 7.99. The maximum atomic E-state index is 5.93. The molecule has 3 rings (SSSR count). The third-order valence-corrected chi connectivity index (χ3v) is 3.92. The number of hydrogen-bond acceptors (Lipinski definition) is 5. The molecule has 4 nitrogen and oxygen atoms in total. The summed E-state index contributed by atoms with van der Waals surface area (Å²) in [6, 6.07) is 13.7. The molecule has 0 aliphatic rings. The van der Waals surface area contributed by atoms with Crippen molar-refractivity contribution in [2.24, 2.45) is 0 Å². The molecule has 0 spiro atoms. The number of nitrogens with two attached hydrogens (primary N) is 1. The van der Waals surface area contributed by atoms with E-state index >= 15 is 0 Å². The van der Waals surface area contributed by atoms with Crippen molar-refractivity contribution in [3.63, 3.8) is 0 Å². The SMILES string of the molecule is CCOc1cc(N)cc(Sc2ncnc3ccccc23)c1. The van der Waals surface area contributed by atoms with Crippen LogP contribution in [0.2, 0.25) is 0 Å². The highest BCUT2D eigenvalue weighted by atomic mass is 32.2. The molecule has 0 aliphatic carbocycles. The maximum Gasteiger partial charge on any atom is 0.122 e. The Morgan fingerprint density at radius 3 is 2.86 bits per heavy atom. The summed E-state index contributed by atoms with van der Waals surface area (Å²) in [5, 5.41) is 1.94. The van der Waals surface area contributed by atoms with E-state index in [2.05, 4.69) is 9.97 Å². The van der Waals surface area contributed by atoms with E-state index in [1.54, 1.807) is 18.1 Å². The Balaban J connectivity index is 1.98. The van der Waals surface area contributed by atoms with Crippen LogP contribution in [0.25, 0.3) is 10.9 Å². The molecule has 0 atom stereocenters. The highest BCUT2D eigenvalue weighted by Crippen LogP contribution is 2.34. The summed E-state index contributed by atoms with van der Waals surface area (Å²) in [5.74, 6) is 0.776. The van der Waals surface area contributed by atoms with Gasteiger partial charge in [0.25, 0.3) is 0 Å². The minimum Gasteiger partial charge on any atom is -0.494 e. The fourth-order valence-electron chi connectivity index (χ4n) is 2.08. The van der Waals surface area contributed by atoms with Crippen LogP contribution in [0, 0.1) is 0 Å². The molecule has 2 N–H and O–H groups in total. The van der Waals surface area contributed by atoms with Crippen LogP contribution >= 0.6 is 11.8 Å². The lowest BCUT2D eigenvalue weighted by atomic mass is 10.2. The van der Waals surface area contributed by atoms with E-state index in [4.69, 9.17) is 10.5 Å². The van der Waals surface area contributed by atoms with Gasteiger partial charge in [0.05, 0.1) is 12.1 Å². The molecule has 2 aromatic carbocycles. The lowest BCUT2D eigenvalue weighted by Gasteiger charge is -2.08. The number of hydrogen-bond donors (Lipinski definition) is 1. The Morgan fingerprint density at radius 1 is 1.14 bits per heavy atom. The van der Waals surface area contributed by atoms with Crippen LogP contribution < -0.4 is 10.5 Å². The molecule has 106 valence electrons. The van der Waals surface area contributed by atoms with Gasteiger partial charge in [-0.05, 0) is 25.1 Å². The topological polar surface area (TPSA) is 61.0 Å². The predicted molar refractivity (Wildman–Crippen MR) is 85.7 cm³/mol. The Morgan fingerprint density at radius 2 is 2.00 bits per heavy atom. The lowest BCUT2D eigenvalue weighted by Crippen LogP contribution is -1.94. The third kappa shape index (κ3) is 3.08. The molecule has 1 heterocycles. The van der Waals surface area contributed by atoms with Crippen molar-refractivity contribution >= 4 is 28.4 Å². The van der Waals surface area contributed by atoms with Crippen molar-refractivity contribution in [2.45, 2.75) is 16.8 Å². The zero-order valence-corrected chi connectivity index (χ0v) is 12.4. The van der Waals surface area contributed by atoms with Gasteiger partial charge in [0.15, 0.2) is 0 Å². The standard InChI is InChI=1S/C16H15N3OS/c1-2-20-12-7-11(17)8-13(9-12)21-16-14-5-3-4-6-15(14)18-10-19-16/h3-10H,2,17H2,1H3. The van der Waals surface area contributed by atoms with E-state index in [9.17, 15) is 0 Å². The molecular formula is C16H15N3OS. The molecule has 0 saturated heterocycles. The quantitative estimate of drug-likeness (QED) is 0.587. The van der Waals surface area contributed by atoms with Gasteiger partial charge in [0.2, 0.25) is 0 Å². The van der Waals surface area contributed by atoms with E-state index in [0.717, 1.165) is 26.6 Å². The smallest absolute Gasteiger partial charge is 0.122 e. The van der Waals surface area contributed by atoms with Crippen molar-refractivity contribution in [1.82, 2.24) is 9.97 Å². The van der Waals surface area contributed by atoms with Crippen LogP contribution in [-0.2, 0) is 0 Å². The average molecular weight is 297 g/mol. The Bertz CT molecular complexity index is 771. The Labute approximate surface area is 127 Å². The van der Waals surface area contributed by atoms with E-state index < -0.39 is 0 Å². The molecule has 0 unspecified atom stereocenters. The summed E-state index contributed by atoms with van der Waals surface area (Å²) in [7, 11) is 0. The number of nitrogen functional groups attached to an aromatic ring is 1. The summed E-state index contributed by atoms with van der Waals surface area (Å²) < 4.78 is 5.53. The number of benzene rings is 2. The Kier molecular flexibility index (Phi) is 3.92. The molecule has 5 heteroatoms. The van der Waals surface area contributed by atoms with Crippen LogP contribution in [0.1, 0.15) is 6.92 Å². The fraction of sp³-hybridized carbons (Fsp3) is 0.125. The van der Waals surface area contributed by atoms with Crippen molar-refractivity contribution in [3.8, 4) is 5.75 Å². The molecule has 0 aliphatic heterocycles. The van der Waals surface area contributed by atoms with Gasteiger partial charge in [0, 0.05) is 22.0 Å². The third-order valence-electron chi connectivity index (χ3n) is 2.93. The zero-order valence-electron chi connectivity index (χ0n) is 11.6. The number of para-hydroxylation sites is 1. The number of nitrogens with zero attached hydrogens (tertiary/aromatic N) is 2. The number of fused-ring (bicyclic) bond motifs is 1. The highest BCUT2D eigenvalue weighted by Gasteiger charge is 2.07. The van der Waals surface area contributed by atoms with Crippen molar-refractivity contribution in [1.29, 1.82) is 0 Å². The largest absolute Gasteiger partial charge is 0.494 e. The molecule has 0 bridgehead atoms. The van der Waals surface area contributed by atoms with Gasteiger partial charge in [0.1, 0.15) is 17.1 Å². The van der Waals surface area contributed by atoms with Crippen LogP contribution in [0.15, 0.2) is 58.7 Å². The van der Waals surface area contributed by atoms with Crippen LogP contribution in [0.3, 0.4) is 0 Å². The number of anilines is 1. The van der Waals surface area contributed by atoms with Gasteiger partial charge in [-0.15, -0.1) is 0 Å². The molecular weight excluding hydrogens is 282 g/mol. The van der Waals surface area contributed by atoms with E-state index in [0.29, 0.717) is 12.3 Å². The zero-order chi connectivity index (χ0) is 14.7. The van der Waals surface area contributed by atoms with Crippen molar-refractivity contribution in [3.05, 3.63) is 48.8 Å². The summed E-state index contributed by atoms with van der Waals surface area (Å²) in [6.45, 7) is 2.57. The lowest BCUT2D eigenvalue weighted by molar-refractivity contribution is 0.339. The molecule has 1 aromatic heterocycles. The predicted octanol–water partition coefficient (Wildman–Crippen LogP) is 3.76. The second-order valence-electron chi connectivity index (χ2n) is 4.47. The van der Waals surface area contributed by atoms with E-state index in [1.807, 2.05) is 49.4 Å². The first kappa shape index (κ1) is 13.7. The Hall–Kier alpha value is -2.27. The van der Waals surface area contributed by atoms with Crippen LogP contribution in [-0.4, -0.2) is 16.6 Å². The summed E-state index contributed by atoms with van der Waals surface area (Å²) in [6.07, 6.45) is 1.58. The normalized spacial score (nSPS) is 10.7. The van der Waals surface area contributed by atoms with Gasteiger partial charge in [-0.3, -0.25) is 0 Å². The van der Waals surface area contributed by atoms with Crippen molar-refractivity contribution < 1.29 is 4.74 Å². The van der Waals surface area contributed by atoms with Gasteiger partial charge in [-0.25, -0.2) is 9.97 Å². The van der Waals surface area contributed by atoms with Gasteiger partial charge < -0.3 is 10.5 Å². The van der Waals surface area contributed by atoms with E-state index in [1.165, 1.54) is 0 Å². The minimum atomic E-state index is 0.615. The maximum absolute atomic E-state index is 5.93. The van der Waals surface area contributed by atoms with Crippen LogP contribution in [0.5, 0.6) is 5.75 Å². The summed E-state index contributed by atoms with van der Waals surface area (Å²) in [4.78, 5) is 9.65. The summed E-state index contributed by atoms with van der Waals surface area (Å²) in [5.41, 5.74) is 7.55. The molecule has 0 radical (unpaired) electrons. The molecule has 0 fully saturated rings. The van der Waals surface area contributed by atoms with Crippen LogP contribution in [0.4, 0.5) is 5.69 Å². The first-order chi connectivity index (χ1) is 10.3. The second-order valence-corrected chi connectivity index (χ2v) is 5.53. The number of aromatic nitrogens is 2. The van der Waals surface area contributed by atoms with Crippen molar-refractivity contribution in [2.75, 3.05) is 12.3 Å². The molecule has 0 saturated carbocycles. The average Bonchev–Trinajstić information content (AvgIpc) is 2.47. The summed E-state index contributed by atoms with van der Waals surface area (Å²) >= 11 is 1.56. The first-order valence-corrected chi connectivity index (χ1v) is 7.49. The molecule has 21 heavy (non-hydrogen) atoms. The number of ether oxygens (including phenoxy) is 1. The minimum absolute atomic E-state index is 0.615. The van der Waals surface area contributed by atoms with E-state index in [-0.39, 0.29) is 0 Å². The van der Waals surface area contributed by atoms with Gasteiger partial charge >= 0.3 is 0 Å². The first-order valence-electron chi connectivity index (χ1n) is 6.67. The fourth-order valence-corrected chi connectivity index (χ4v) is 3.05. The molecule has 0 amide bonds.